The van der Waals surface area contributed by atoms with Gasteiger partial charge in [0, 0.05) is 19.1 Å². The first-order valence-corrected chi connectivity index (χ1v) is 7.67. The number of nitrogens with zero attached hydrogens (tertiary/aromatic N) is 1. The van der Waals surface area contributed by atoms with Crippen LogP contribution in [0.3, 0.4) is 0 Å². The van der Waals surface area contributed by atoms with Gasteiger partial charge in [-0.05, 0) is 45.4 Å². The normalized spacial score (nSPS) is 18.9. The molecule has 0 saturated carbocycles. The third-order valence-electron chi connectivity index (χ3n) is 4.47. The summed E-state index contributed by atoms with van der Waals surface area (Å²) in [5, 5.41) is 3.14. The van der Waals surface area contributed by atoms with E-state index in [0.29, 0.717) is 12.6 Å². The Bertz CT molecular complexity index is 478. The third-order valence-corrected chi connectivity index (χ3v) is 4.47. The van der Waals surface area contributed by atoms with E-state index in [-0.39, 0.29) is 5.97 Å². The quantitative estimate of drug-likeness (QED) is 0.817. The Balaban J connectivity index is 2.01. The summed E-state index contributed by atoms with van der Waals surface area (Å²) in [7, 11) is 1.82. The van der Waals surface area contributed by atoms with Crippen LogP contribution < -0.4 is 5.32 Å². The van der Waals surface area contributed by atoms with Crippen LogP contribution in [0, 0.1) is 0 Å². The molecule has 1 aliphatic heterocycles. The summed E-state index contributed by atoms with van der Waals surface area (Å²) in [4.78, 5) is 14.6. The molecule has 1 N–H and O–H groups in total. The summed E-state index contributed by atoms with van der Waals surface area (Å²) in [6.07, 6.45) is 0.732. The molecular formula is C17H26N2O2. The molecule has 0 radical (unpaired) electrons. The number of esters is 1. The third kappa shape index (κ3) is 3.44. The van der Waals surface area contributed by atoms with Crippen molar-refractivity contribution in [1.82, 2.24) is 10.2 Å². The number of rotatable bonds is 6. The summed E-state index contributed by atoms with van der Waals surface area (Å²) < 4.78 is 5.20. The van der Waals surface area contributed by atoms with Gasteiger partial charge in [-0.2, -0.15) is 0 Å². The number of hydrogen-bond donors (Lipinski definition) is 1. The fraction of sp³-hybridized carbons (Fsp3) is 0.588. The number of carbonyl (C=O) groups excluding carboxylic acids is 1. The van der Waals surface area contributed by atoms with E-state index in [4.69, 9.17) is 4.74 Å². The minimum Gasteiger partial charge on any atom is -0.465 e. The minimum atomic E-state index is -0.635. The lowest BCUT2D eigenvalue weighted by atomic mass is 9.93. The van der Waals surface area contributed by atoms with Crippen molar-refractivity contribution < 1.29 is 9.53 Å². The van der Waals surface area contributed by atoms with Crippen molar-refractivity contribution in [3.05, 3.63) is 35.4 Å². The lowest BCUT2D eigenvalue weighted by Gasteiger charge is -2.33. The van der Waals surface area contributed by atoms with Crippen LogP contribution in [-0.4, -0.2) is 36.1 Å². The molecular weight excluding hydrogens is 264 g/mol. The number of carbonyl (C=O) groups is 1. The molecule has 1 aliphatic rings. The molecule has 1 aromatic rings. The van der Waals surface area contributed by atoms with Crippen LogP contribution in [0.5, 0.6) is 0 Å². The summed E-state index contributed by atoms with van der Waals surface area (Å²) in [5.74, 6) is -0.170. The van der Waals surface area contributed by atoms with Gasteiger partial charge in [-0.25, -0.2) is 0 Å². The second-order valence-electron chi connectivity index (χ2n) is 6.03. The second kappa shape index (κ2) is 6.58. The molecule has 116 valence electrons. The zero-order chi connectivity index (χ0) is 15.5. The summed E-state index contributed by atoms with van der Waals surface area (Å²) in [5.41, 5.74) is 2.16. The smallest absolute Gasteiger partial charge is 0.326 e. The van der Waals surface area contributed by atoms with E-state index >= 15 is 0 Å². The van der Waals surface area contributed by atoms with Crippen molar-refractivity contribution >= 4 is 5.97 Å². The van der Waals surface area contributed by atoms with E-state index in [1.54, 1.807) is 0 Å². The molecule has 4 nitrogen and oxygen atoms in total. The number of nitrogens with one attached hydrogen (secondary N) is 1. The van der Waals surface area contributed by atoms with Crippen molar-refractivity contribution in [2.75, 3.05) is 13.7 Å². The Morgan fingerprint density at radius 1 is 1.38 bits per heavy atom. The maximum absolute atomic E-state index is 12.2. The van der Waals surface area contributed by atoms with E-state index < -0.39 is 5.54 Å². The Morgan fingerprint density at radius 3 is 2.43 bits per heavy atom. The van der Waals surface area contributed by atoms with Crippen molar-refractivity contribution in [2.24, 2.45) is 0 Å². The van der Waals surface area contributed by atoms with Crippen LogP contribution in [0.15, 0.2) is 24.3 Å². The van der Waals surface area contributed by atoms with Gasteiger partial charge in [0.25, 0.3) is 0 Å². The van der Waals surface area contributed by atoms with Gasteiger partial charge < -0.3 is 10.1 Å². The Morgan fingerprint density at radius 2 is 1.95 bits per heavy atom. The van der Waals surface area contributed by atoms with E-state index in [2.05, 4.69) is 41.4 Å². The van der Waals surface area contributed by atoms with Gasteiger partial charge in [0.2, 0.25) is 0 Å². The minimum absolute atomic E-state index is 0.170. The fourth-order valence-corrected chi connectivity index (χ4v) is 2.97. The van der Waals surface area contributed by atoms with Crippen LogP contribution in [0.25, 0.3) is 0 Å². The maximum atomic E-state index is 12.2. The molecule has 1 heterocycles. The van der Waals surface area contributed by atoms with Gasteiger partial charge >= 0.3 is 5.97 Å². The fourth-order valence-electron chi connectivity index (χ4n) is 2.97. The maximum Gasteiger partial charge on any atom is 0.326 e. The van der Waals surface area contributed by atoms with Crippen molar-refractivity contribution in [1.29, 1.82) is 0 Å². The second-order valence-corrected chi connectivity index (χ2v) is 6.03. The first-order valence-electron chi connectivity index (χ1n) is 7.67. The molecule has 2 atom stereocenters. The number of hydrogen-bond acceptors (Lipinski definition) is 4. The molecule has 1 aromatic carbocycles. The van der Waals surface area contributed by atoms with Crippen molar-refractivity contribution in [3.8, 4) is 0 Å². The summed E-state index contributed by atoms with van der Waals surface area (Å²) in [6, 6.07) is 8.85. The molecule has 0 saturated heterocycles. The molecule has 0 amide bonds. The first kappa shape index (κ1) is 16.0. The van der Waals surface area contributed by atoms with Crippen LogP contribution in [-0.2, 0) is 22.6 Å². The van der Waals surface area contributed by atoms with Gasteiger partial charge in [-0.3, -0.25) is 9.69 Å². The molecule has 0 bridgehead atoms. The summed E-state index contributed by atoms with van der Waals surface area (Å²) in [6.45, 7) is 8.28. The van der Waals surface area contributed by atoms with E-state index in [1.165, 1.54) is 11.1 Å². The highest BCUT2D eigenvalue weighted by Crippen LogP contribution is 2.27. The Labute approximate surface area is 127 Å². The highest BCUT2D eigenvalue weighted by Gasteiger charge is 2.37. The standard InChI is InChI=1S/C17H26N2O2/c1-5-21-16(20)17(3,18-4)10-13(2)19-11-14-8-6-7-9-15(14)12-19/h6-9,13,18H,5,10-12H2,1-4H3. The molecule has 0 aromatic heterocycles. The molecule has 0 aliphatic carbocycles. The predicted molar refractivity (Wildman–Crippen MR) is 83.9 cm³/mol. The average Bonchev–Trinajstić information content (AvgIpc) is 2.91. The monoisotopic (exact) mass is 290 g/mol. The lowest BCUT2D eigenvalue weighted by molar-refractivity contribution is -0.151. The Hall–Kier alpha value is -1.39. The van der Waals surface area contributed by atoms with Crippen LogP contribution in [0.1, 0.15) is 38.3 Å². The highest BCUT2D eigenvalue weighted by molar-refractivity contribution is 5.80. The Kier molecular flexibility index (Phi) is 5.01. The van der Waals surface area contributed by atoms with Crippen LogP contribution >= 0.6 is 0 Å². The van der Waals surface area contributed by atoms with Crippen molar-refractivity contribution in [3.63, 3.8) is 0 Å². The van der Waals surface area contributed by atoms with Gasteiger partial charge in [0.1, 0.15) is 5.54 Å². The van der Waals surface area contributed by atoms with Gasteiger partial charge in [0.05, 0.1) is 6.61 Å². The zero-order valence-corrected chi connectivity index (χ0v) is 13.5. The average molecular weight is 290 g/mol. The topological polar surface area (TPSA) is 41.6 Å². The largest absolute Gasteiger partial charge is 0.465 e. The summed E-state index contributed by atoms with van der Waals surface area (Å²) >= 11 is 0. The van der Waals surface area contributed by atoms with Crippen molar-refractivity contribution in [2.45, 2.75) is 51.9 Å². The SMILES string of the molecule is CCOC(=O)C(C)(CC(C)N1Cc2ccccc2C1)NC. The molecule has 21 heavy (non-hydrogen) atoms. The molecule has 0 spiro atoms. The first-order chi connectivity index (χ1) is 10.00. The van der Waals surface area contributed by atoms with Gasteiger partial charge in [0.15, 0.2) is 0 Å². The number of fused-ring (bicyclic) bond motifs is 1. The highest BCUT2D eigenvalue weighted by atomic mass is 16.5. The van der Waals surface area contributed by atoms with Crippen LogP contribution in [0.4, 0.5) is 0 Å². The van der Waals surface area contributed by atoms with E-state index in [1.807, 2.05) is 20.9 Å². The zero-order valence-electron chi connectivity index (χ0n) is 13.5. The molecule has 4 heteroatoms. The van der Waals surface area contributed by atoms with E-state index in [0.717, 1.165) is 19.5 Å². The lowest BCUT2D eigenvalue weighted by Crippen LogP contribution is -2.52. The van der Waals surface area contributed by atoms with E-state index in [9.17, 15) is 4.79 Å². The van der Waals surface area contributed by atoms with Crippen LogP contribution in [0.2, 0.25) is 0 Å². The van der Waals surface area contributed by atoms with Gasteiger partial charge in [-0.1, -0.05) is 24.3 Å². The number of ether oxygens (including phenoxy) is 1. The predicted octanol–water partition coefficient (Wildman–Crippen LogP) is 2.32. The molecule has 2 unspecified atom stereocenters. The molecule has 0 fully saturated rings. The van der Waals surface area contributed by atoms with Gasteiger partial charge in [-0.15, -0.1) is 0 Å². The molecule has 2 rings (SSSR count). The number of benzene rings is 1. The number of likely N-dealkylation sites (N-methyl/N-ethyl adjacent to an activating group) is 1.